The molecule has 0 saturated heterocycles. The SMILES string of the molecule is COc1cc(C2OC(c3cc(OC)c(OC)c(OC)c3)=NN2C(C)=O)cc(Br)c1O. The maximum Gasteiger partial charge on any atom is 0.243 e. The number of halogens is 1. The summed E-state index contributed by atoms with van der Waals surface area (Å²) in [6.45, 7) is 1.38. The van der Waals surface area contributed by atoms with Crippen molar-refractivity contribution in [2.75, 3.05) is 28.4 Å². The number of nitrogens with zero attached hydrogens (tertiary/aromatic N) is 2. The van der Waals surface area contributed by atoms with Crippen LogP contribution in [0.15, 0.2) is 33.8 Å². The third kappa shape index (κ3) is 3.82. The van der Waals surface area contributed by atoms with Crippen LogP contribution in [0.3, 0.4) is 0 Å². The second-order valence-electron chi connectivity index (χ2n) is 6.21. The summed E-state index contributed by atoms with van der Waals surface area (Å²) >= 11 is 3.28. The molecule has 1 aliphatic heterocycles. The van der Waals surface area contributed by atoms with Crippen molar-refractivity contribution in [3.63, 3.8) is 0 Å². The minimum absolute atomic E-state index is 0.0561. The number of rotatable bonds is 6. The molecule has 0 radical (unpaired) electrons. The standard InChI is InChI=1S/C20H21BrN2O7/c1-10(24)23-20(12-6-13(21)17(25)14(9-12)26-2)30-19(22-23)11-7-15(27-3)18(29-5)16(8-11)28-4/h6-9,20,25H,1-5H3. The number of ether oxygens (including phenoxy) is 5. The van der Waals surface area contributed by atoms with Crippen LogP contribution in [0.1, 0.15) is 24.3 Å². The van der Waals surface area contributed by atoms with E-state index >= 15 is 0 Å². The summed E-state index contributed by atoms with van der Waals surface area (Å²) in [5, 5.41) is 15.6. The highest BCUT2D eigenvalue weighted by atomic mass is 79.9. The summed E-state index contributed by atoms with van der Waals surface area (Å²) < 4.78 is 27.7. The number of carbonyl (C=O) groups is 1. The summed E-state index contributed by atoms with van der Waals surface area (Å²) in [5.74, 6) is 1.31. The molecule has 0 aromatic heterocycles. The Bertz CT molecular complexity index is 984. The van der Waals surface area contributed by atoms with E-state index in [4.69, 9.17) is 23.7 Å². The van der Waals surface area contributed by atoms with Crippen LogP contribution >= 0.6 is 15.9 Å². The van der Waals surface area contributed by atoms with Crippen LogP contribution in [0.4, 0.5) is 0 Å². The van der Waals surface area contributed by atoms with Gasteiger partial charge in [0, 0.05) is 18.1 Å². The number of phenols is 1. The number of methoxy groups -OCH3 is 4. The fourth-order valence-electron chi connectivity index (χ4n) is 3.00. The van der Waals surface area contributed by atoms with Crippen LogP contribution in [-0.2, 0) is 9.53 Å². The number of hydrogen-bond acceptors (Lipinski definition) is 8. The Labute approximate surface area is 181 Å². The summed E-state index contributed by atoms with van der Waals surface area (Å²) in [5.41, 5.74) is 1.08. The highest BCUT2D eigenvalue weighted by molar-refractivity contribution is 9.10. The van der Waals surface area contributed by atoms with Gasteiger partial charge in [-0.15, -0.1) is 5.10 Å². The molecule has 0 aliphatic carbocycles. The van der Waals surface area contributed by atoms with E-state index in [1.165, 1.54) is 40.4 Å². The van der Waals surface area contributed by atoms with Gasteiger partial charge in [0.15, 0.2) is 23.0 Å². The molecule has 1 N–H and O–H groups in total. The molecule has 0 saturated carbocycles. The van der Waals surface area contributed by atoms with Gasteiger partial charge in [-0.1, -0.05) is 0 Å². The Morgan fingerprint density at radius 3 is 2.13 bits per heavy atom. The Morgan fingerprint density at radius 1 is 1.03 bits per heavy atom. The molecule has 3 rings (SSSR count). The van der Waals surface area contributed by atoms with E-state index in [9.17, 15) is 9.90 Å². The van der Waals surface area contributed by atoms with Gasteiger partial charge < -0.3 is 28.8 Å². The third-order valence-corrected chi connectivity index (χ3v) is 5.04. The largest absolute Gasteiger partial charge is 0.503 e. The lowest BCUT2D eigenvalue weighted by atomic mass is 10.1. The van der Waals surface area contributed by atoms with Crippen LogP contribution in [-0.4, -0.2) is 50.4 Å². The fraction of sp³-hybridized carbons (Fsp3) is 0.300. The third-order valence-electron chi connectivity index (χ3n) is 4.43. The molecule has 1 aliphatic rings. The zero-order valence-electron chi connectivity index (χ0n) is 17.1. The molecular weight excluding hydrogens is 460 g/mol. The molecule has 1 amide bonds. The number of benzene rings is 2. The van der Waals surface area contributed by atoms with Crippen molar-refractivity contribution in [3.05, 3.63) is 39.9 Å². The van der Waals surface area contributed by atoms with E-state index in [2.05, 4.69) is 21.0 Å². The summed E-state index contributed by atoms with van der Waals surface area (Å²) in [7, 11) is 5.95. The number of amides is 1. The van der Waals surface area contributed by atoms with E-state index < -0.39 is 6.23 Å². The van der Waals surface area contributed by atoms with Crippen LogP contribution in [0, 0.1) is 0 Å². The summed E-state index contributed by atoms with van der Waals surface area (Å²) in [6.07, 6.45) is -0.859. The number of hydrogen-bond donors (Lipinski definition) is 1. The van der Waals surface area contributed by atoms with E-state index in [1.807, 2.05) is 0 Å². The number of phenolic OH excluding ortho intramolecular Hbond substituents is 1. The summed E-state index contributed by atoms with van der Waals surface area (Å²) in [4.78, 5) is 12.2. The zero-order valence-corrected chi connectivity index (χ0v) is 18.6. The Hall–Kier alpha value is -3.14. The second kappa shape index (κ2) is 8.70. The van der Waals surface area contributed by atoms with E-state index in [0.717, 1.165) is 0 Å². The van der Waals surface area contributed by atoms with E-state index in [0.29, 0.717) is 32.8 Å². The average Bonchev–Trinajstić information content (AvgIpc) is 3.20. The Kier molecular flexibility index (Phi) is 6.25. The van der Waals surface area contributed by atoms with Crippen LogP contribution < -0.4 is 18.9 Å². The minimum Gasteiger partial charge on any atom is -0.503 e. The number of aromatic hydroxyl groups is 1. The molecule has 1 atom stereocenters. The van der Waals surface area contributed by atoms with Crippen LogP contribution in [0.25, 0.3) is 0 Å². The highest BCUT2D eigenvalue weighted by Crippen LogP contribution is 2.42. The lowest BCUT2D eigenvalue weighted by molar-refractivity contribution is -0.135. The lowest BCUT2D eigenvalue weighted by Crippen LogP contribution is -2.25. The summed E-state index contributed by atoms with van der Waals surface area (Å²) in [6, 6.07) is 6.56. The first-order chi connectivity index (χ1) is 14.3. The quantitative estimate of drug-likeness (QED) is 0.675. The average molecular weight is 481 g/mol. The first-order valence-corrected chi connectivity index (χ1v) is 9.55. The second-order valence-corrected chi connectivity index (χ2v) is 7.06. The van der Waals surface area contributed by atoms with E-state index in [1.54, 1.807) is 24.3 Å². The van der Waals surface area contributed by atoms with Crippen molar-refractivity contribution in [3.8, 4) is 28.7 Å². The highest BCUT2D eigenvalue weighted by Gasteiger charge is 2.35. The van der Waals surface area contributed by atoms with Gasteiger partial charge in [0.2, 0.25) is 23.8 Å². The molecular formula is C20H21BrN2O7. The molecule has 0 fully saturated rings. The van der Waals surface area contributed by atoms with E-state index in [-0.39, 0.29) is 23.3 Å². The normalized spacial score (nSPS) is 15.3. The Morgan fingerprint density at radius 2 is 1.63 bits per heavy atom. The van der Waals surface area contributed by atoms with Crippen LogP contribution in [0.5, 0.6) is 28.7 Å². The maximum atomic E-state index is 12.2. The molecule has 2 aromatic carbocycles. The Balaban J connectivity index is 2.05. The first kappa shape index (κ1) is 21.6. The van der Waals surface area contributed by atoms with Gasteiger partial charge >= 0.3 is 0 Å². The number of hydrazone groups is 1. The van der Waals surface area contributed by atoms with Crippen molar-refractivity contribution in [1.29, 1.82) is 0 Å². The zero-order chi connectivity index (χ0) is 22.0. The van der Waals surface area contributed by atoms with Gasteiger partial charge in [-0.25, -0.2) is 0 Å². The van der Waals surface area contributed by atoms with Crippen molar-refractivity contribution >= 4 is 27.7 Å². The molecule has 9 nitrogen and oxygen atoms in total. The van der Waals surface area contributed by atoms with Gasteiger partial charge in [0.05, 0.1) is 32.9 Å². The van der Waals surface area contributed by atoms with Crippen molar-refractivity contribution in [1.82, 2.24) is 5.01 Å². The molecule has 0 spiro atoms. The van der Waals surface area contributed by atoms with Gasteiger partial charge in [-0.05, 0) is 40.2 Å². The molecule has 30 heavy (non-hydrogen) atoms. The molecule has 2 aromatic rings. The van der Waals surface area contributed by atoms with Crippen molar-refractivity contribution < 1.29 is 33.6 Å². The number of carbonyl (C=O) groups excluding carboxylic acids is 1. The lowest BCUT2D eigenvalue weighted by Gasteiger charge is -2.20. The topological polar surface area (TPSA) is 99.1 Å². The maximum absolute atomic E-state index is 12.2. The molecule has 1 heterocycles. The monoisotopic (exact) mass is 480 g/mol. The van der Waals surface area contributed by atoms with Crippen molar-refractivity contribution in [2.45, 2.75) is 13.2 Å². The smallest absolute Gasteiger partial charge is 0.243 e. The van der Waals surface area contributed by atoms with Crippen molar-refractivity contribution in [2.24, 2.45) is 5.10 Å². The van der Waals surface area contributed by atoms with Gasteiger partial charge in [0.25, 0.3) is 0 Å². The van der Waals surface area contributed by atoms with Crippen LogP contribution in [0.2, 0.25) is 0 Å². The molecule has 1 unspecified atom stereocenters. The molecule has 160 valence electrons. The minimum atomic E-state index is -0.859. The first-order valence-electron chi connectivity index (χ1n) is 8.76. The molecule has 0 bridgehead atoms. The fourth-order valence-corrected chi connectivity index (χ4v) is 3.46. The van der Waals surface area contributed by atoms with Gasteiger partial charge in [-0.3, -0.25) is 4.79 Å². The predicted molar refractivity (Wildman–Crippen MR) is 111 cm³/mol. The van der Waals surface area contributed by atoms with Gasteiger partial charge in [0.1, 0.15) is 0 Å². The predicted octanol–water partition coefficient (Wildman–Crippen LogP) is 3.43. The van der Waals surface area contributed by atoms with Gasteiger partial charge in [-0.2, -0.15) is 5.01 Å². The molecule has 10 heteroatoms.